The van der Waals surface area contributed by atoms with E-state index in [1.54, 1.807) is 0 Å². The molecule has 2 aromatic rings. The Morgan fingerprint density at radius 1 is 1.28 bits per heavy atom. The Morgan fingerprint density at radius 2 is 2.11 bits per heavy atom. The molecule has 0 atom stereocenters. The molecule has 1 aliphatic heterocycles. The van der Waals surface area contributed by atoms with E-state index >= 15 is 0 Å². The third-order valence-electron chi connectivity index (χ3n) is 3.62. The fourth-order valence-corrected chi connectivity index (χ4v) is 2.63. The first-order valence-electron chi connectivity index (χ1n) is 6.50. The smallest absolute Gasteiger partial charge is 0.266 e. The van der Waals surface area contributed by atoms with Crippen LogP contribution in [0, 0.1) is 5.92 Å². The van der Waals surface area contributed by atoms with Crippen molar-refractivity contribution in [3.8, 4) is 0 Å². The van der Waals surface area contributed by atoms with E-state index in [-0.39, 0.29) is 5.56 Å². The Morgan fingerprint density at radius 3 is 2.94 bits per heavy atom. The molecule has 0 amide bonds. The van der Waals surface area contributed by atoms with Gasteiger partial charge in [-0.1, -0.05) is 6.07 Å². The van der Waals surface area contributed by atoms with Crippen LogP contribution in [0.3, 0.4) is 0 Å². The number of aromatic nitrogens is 2. The summed E-state index contributed by atoms with van der Waals surface area (Å²) >= 11 is 0. The first-order valence-corrected chi connectivity index (χ1v) is 6.50. The molecule has 0 bridgehead atoms. The van der Waals surface area contributed by atoms with Gasteiger partial charge in [0.2, 0.25) is 0 Å². The number of aromatic amines is 1. The van der Waals surface area contributed by atoms with E-state index < -0.39 is 0 Å². The minimum absolute atomic E-state index is 0.145. The van der Waals surface area contributed by atoms with E-state index in [0.717, 1.165) is 36.5 Å². The van der Waals surface area contributed by atoms with Gasteiger partial charge in [-0.05, 0) is 56.0 Å². The second-order valence-corrected chi connectivity index (χ2v) is 5.00. The van der Waals surface area contributed by atoms with Crippen LogP contribution in [0.5, 0.6) is 0 Å². The van der Waals surface area contributed by atoms with E-state index in [1.165, 1.54) is 24.6 Å². The molecule has 0 unspecified atom stereocenters. The highest BCUT2D eigenvalue weighted by atomic mass is 16.1. The monoisotopic (exact) mass is 243 g/mol. The topological polar surface area (TPSA) is 57.8 Å². The maximum absolute atomic E-state index is 11.2. The molecule has 18 heavy (non-hydrogen) atoms. The number of hydrogen-bond donors (Lipinski definition) is 2. The highest BCUT2D eigenvalue weighted by Crippen LogP contribution is 2.19. The molecule has 2 heterocycles. The van der Waals surface area contributed by atoms with E-state index in [1.807, 2.05) is 6.07 Å². The lowest BCUT2D eigenvalue weighted by Crippen LogP contribution is -2.28. The predicted molar refractivity (Wildman–Crippen MR) is 71.7 cm³/mol. The average Bonchev–Trinajstić information content (AvgIpc) is 2.40. The molecule has 1 aromatic heterocycles. The summed E-state index contributed by atoms with van der Waals surface area (Å²) in [6.45, 7) is 2.26. The van der Waals surface area contributed by atoms with Crippen molar-refractivity contribution in [2.24, 2.45) is 5.92 Å². The molecule has 0 saturated carbocycles. The van der Waals surface area contributed by atoms with Gasteiger partial charge in [-0.15, -0.1) is 0 Å². The second kappa shape index (κ2) is 4.90. The van der Waals surface area contributed by atoms with Crippen molar-refractivity contribution < 1.29 is 0 Å². The SMILES string of the molecule is O=c1cnc2cc(CC3CCNCC3)ccc2[nH]1. The number of fused-ring (bicyclic) bond motifs is 1. The van der Waals surface area contributed by atoms with Gasteiger partial charge in [-0.25, -0.2) is 4.98 Å². The molecule has 3 rings (SSSR count). The normalized spacial score (nSPS) is 17.1. The fraction of sp³-hybridized carbons (Fsp3) is 0.429. The molecule has 1 fully saturated rings. The maximum atomic E-state index is 11.2. The Balaban J connectivity index is 1.84. The van der Waals surface area contributed by atoms with Crippen LogP contribution in [0.2, 0.25) is 0 Å². The van der Waals surface area contributed by atoms with Gasteiger partial charge in [-0.3, -0.25) is 4.79 Å². The van der Waals surface area contributed by atoms with Gasteiger partial charge in [0.05, 0.1) is 17.2 Å². The highest BCUT2D eigenvalue weighted by Gasteiger charge is 2.13. The van der Waals surface area contributed by atoms with Gasteiger partial charge < -0.3 is 10.3 Å². The van der Waals surface area contributed by atoms with Crippen LogP contribution in [0.25, 0.3) is 11.0 Å². The lowest BCUT2D eigenvalue weighted by atomic mass is 9.91. The number of nitrogens with one attached hydrogen (secondary N) is 2. The first kappa shape index (κ1) is 11.4. The molecule has 94 valence electrons. The third-order valence-corrected chi connectivity index (χ3v) is 3.62. The van der Waals surface area contributed by atoms with Crippen molar-refractivity contribution >= 4 is 11.0 Å². The van der Waals surface area contributed by atoms with Crippen molar-refractivity contribution in [2.45, 2.75) is 19.3 Å². The second-order valence-electron chi connectivity index (χ2n) is 5.00. The summed E-state index contributed by atoms with van der Waals surface area (Å²) in [5, 5.41) is 3.38. The summed E-state index contributed by atoms with van der Waals surface area (Å²) < 4.78 is 0. The Bertz CT molecular complexity index is 599. The molecule has 0 radical (unpaired) electrons. The molecular weight excluding hydrogens is 226 g/mol. The van der Waals surface area contributed by atoms with Crippen LogP contribution in [0.15, 0.2) is 29.2 Å². The number of piperidine rings is 1. The Labute approximate surface area is 105 Å². The van der Waals surface area contributed by atoms with Crippen LogP contribution in [-0.4, -0.2) is 23.1 Å². The van der Waals surface area contributed by atoms with Crippen molar-refractivity contribution in [3.63, 3.8) is 0 Å². The van der Waals surface area contributed by atoms with Crippen molar-refractivity contribution in [1.29, 1.82) is 0 Å². The molecule has 0 aliphatic carbocycles. The molecule has 4 nitrogen and oxygen atoms in total. The first-order chi connectivity index (χ1) is 8.81. The Kier molecular flexibility index (Phi) is 3.11. The van der Waals surface area contributed by atoms with Gasteiger partial charge in [0.25, 0.3) is 5.56 Å². The molecule has 4 heteroatoms. The van der Waals surface area contributed by atoms with Crippen molar-refractivity contribution in [2.75, 3.05) is 13.1 Å². The molecule has 1 aliphatic rings. The number of nitrogens with zero attached hydrogens (tertiary/aromatic N) is 1. The zero-order valence-electron chi connectivity index (χ0n) is 10.3. The van der Waals surface area contributed by atoms with Crippen LogP contribution in [-0.2, 0) is 6.42 Å². The minimum Gasteiger partial charge on any atom is -0.319 e. The van der Waals surface area contributed by atoms with Crippen LogP contribution in [0.4, 0.5) is 0 Å². The summed E-state index contributed by atoms with van der Waals surface area (Å²) in [5.74, 6) is 0.770. The fourth-order valence-electron chi connectivity index (χ4n) is 2.63. The third kappa shape index (κ3) is 2.43. The summed E-state index contributed by atoms with van der Waals surface area (Å²) in [5.41, 5.74) is 2.86. The van der Waals surface area contributed by atoms with Gasteiger partial charge in [0.15, 0.2) is 0 Å². The average molecular weight is 243 g/mol. The molecule has 1 aromatic carbocycles. The number of rotatable bonds is 2. The van der Waals surface area contributed by atoms with Crippen LogP contribution < -0.4 is 10.9 Å². The van der Waals surface area contributed by atoms with E-state index in [4.69, 9.17) is 0 Å². The lowest BCUT2D eigenvalue weighted by molar-refractivity contribution is 0.373. The van der Waals surface area contributed by atoms with Crippen molar-refractivity contribution in [1.82, 2.24) is 15.3 Å². The lowest BCUT2D eigenvalue weighted by Gasteiger charge is -2.22. The predicted octanol–water partition coefficient (Wildman–Crippen LogP) is 1.47. The summed E-state index contributed by atoms with van der Waals surface area (Å²) in [6.07, 6.45) is 4.95. The number of H-pyrrole nitrogens is 1. The van der Waals surface area contributed by atoms with Crippen LogP contribution >= 0.6 is 0 Å². The van der Waals surface area contributed by atoms with Gasteiger partial charge >= 0.3 is 0 Å². The molecule has 1 saturated heterocycles. The zero-order valence-corrected chi connectivity index (χ0v) is 10.3. The highest BCUT2D eigenvalue weighted by molar-refractivity contribution is 5.74. The minimum atomic E-state index is -0.145. The molecule has 2 N–H and O–H groups in total. The Hall–Kier alpha value is -1.68. The summed E-state index contributed by atoms with van der Waals surface area (Å²) in [7, 11) is 0. The van der Waals surface area contributed by atoms with Gasteiger partial charge in [-0.2, -0.15) is 0 Å². The van der Waals surface area contributed by atoms with E-state index in [2.05, 4.69) is 27.4 Å². The number of hydrogen-bond acceptors (Lipinski definition) is 3. The summed E-state index contributed by atoms with van der Waals surface area (Å²) in [4.78, 5) is 18.1. The van der Waals surface area contributed by atoms with Gasteiger partial charge in [0.1, 0.15) is 0 Å². The van der Waals surface area contributed by atoms with Crippen LogP contribution in [0.1, 0.15) is 18.4 Å². The van der Waals surface area contributed by atoms with Gasteiger partial charge in [0, 0.05) is 0 Å². The summed E-state index contributed by atoms with van der Waals surface area (Å²) in [6, 6.07) is 6.15. The number of benzene rings is 1. The van der Waals surface area contributed by atoms with Crippen molar-refractivity contribution in [3.05, 3.63) is 40.3 Å². The zero-order chi connectivity index (χ0) is 12.4. The van der Waals surface area contributed by atoms with E-state index in [0.29, 0.717) is 0 Å². The maximum Gasteiger partial charge on any atom is 0.266 e. The molecular formula is C14H17N3O. The molecule has 0 spiro atoms. The quantitative estimate of drug-likeness (QED) is 0.839. The van der Waals surface area contributed by atoms with E-state index in [9.17, 15) is 4.79 Å². The standard InChI is InChI=1S/C14H17N3O/c18-14-9-16-13-8-11(1-2-12(13)17-14)7-10-3-5-15-6-4-10/h1-2,8-10,15H,3-7H2,(H,17,18). The largest absolute Gasteiger partial charge is 0.319 e.